The lowest BCUT2D eigenvalue weighted by Crippen LogP contribution is -2.29. The molecular weight excluding hydrogens is 289 g/mol. The minimum Gasteiger partial charge on any atom is -0.495 e. The maximum atomic E-state index is 11.1. The lowest BCUT2D eigenvalue weighted by Gasteiger charge is -2.24. The van der Waals surface area contributed by atoms with Crippen LogP contribution in [-0.4, -0.2) is 18.2 Å². The molecule has 0 aliphatic carbocycles. The Hall–Kier alpha value is -0.970. The quantitative estimate of drug-likeness (QED) is 0.873. The molecule has 19 heavy (non-hydrogen) atoms. The first-order valence-electron chi connectivity index (χ1n) is 5.71. The van der Waals surface area contributed by atoms with E-state index in [1.807, 2.05) is 0 Å². The van der Waals surface area contributed by atoms with Gasteiger partial charge in [0.2, 0.25) is 0 Å². The number of halogens is 2. The van der Waals surface area contributed by atoms with E-state index in [9.17, 15) is 4.79 Å². The molecule has 0 aromatic heterocycles. The van der Waals surface area contributed by atoms with E-state index in [1.54, 1.807) is 26.0 Å². The minimum atomic E-state index is -0.935. The number of hydrogen-bond donors (Lipinski definition) is 2. The van der Waals surface area contributed by atoms with E-state index < -0.39 is 17.4 Å². The third-order valence-corrected chi connectivity index (χ3v) is 3.60. The highest BCUT2D eigenvalue weighted by atomic mass is 35.5. The summed E-state index contributed by atoms with van der Waals surface area (Å²) in [6.45, 7) is 3.24. The van der Waals surface area contributed by atoms with E-state index in [1.165, 1.54) is 7.11 Å². The van der Waals surface area contributed by atoms with Crippen LogP contribution in [0.3, 0.4) is 0 Å². The Bertz CT molecular complexity index is 489. The van der Waals surface area contributed by atoms with Gasteiger partial charge in [-0.1, -0.05) is 23.2 Å². The minimum absolute atomic E-state index is 0.255. The summed E-state index contributed by atoms with van der Waals surface area (Å²) in [6.07, 6.45) is 0.255. The number of carboxylic acid groups (broad SMARTS) is 1. The molecule has 1 aromatic rings. The van der Waals surface area contributed by atoms with E-state index in [0.717, 1.165) is 0 Å². The smallest absolute Gasteiger partial charge is 0.309 e. The highest BCUT2D eigenvalue weighted by Crippen LogP contribution is 2.37. The van der Waals surface area contributed by atoms with Crippen LogP contribution in [0.1, 0.15) is 31.9 Å². The molecule has 106 valence electrons. The Kier molecular flexibility index (Phi) is 5.07. The van der Waals surface area contributed by atoms with Crippen LogP contribution in [0.5, 0.6) is 5.75 Å². The molecule has 0 saturated carbocycles. The number of rotatable bonds is 5. The molecule has 0 saturated heterocycles. The van der Waals surface area contributed by atoms with Crippen molar-refractivity contribution in [2.75, 3.05) is 7.11 Å². The molecule has 0 spiro atoms. The van der Waals surface area contributed by atoms with Gasteiger partial charge in [0.1, 0.15) is 5.75 Å². The number of nitrogens with two attached hydrogens (primary N) is 1. The predicted molar refractivity (Wildman–Crippen MR) is 76.0 cm³/mol. The molecule has 0 fully saturated rings. The van der Waals surface area contributed by atoms with Gasteiger partial charge < -0.3 is 15.6 Å². The van der Waals surface area contributed by atoms with Crippen LogP contribution in [0.15, 0.2) is 12.1 Å². The Labute approximate surface area is 122 Å². The van der Waals surface area contributed by atoms with Gasteiger partial charge in [0.05, 0.1) is 17.5 Å². The maximum absolute atomic E-state index is 11.1. The molecule has 1 aromatic carbocycles. The van der Waals surface area contributed by atoms with Crippen molar-refractivity contribution in [1.82, 2.24) is 0 Å². The molecule has 1 unspecified atom stereocenters. The Balaban J connectivity index is 3.04. The zero-order valence-corrected chi connectivity index (χ0v) is 12.5. The molecule has 0 aliphatic heterocycles. The predicted octanol–water partition coefficient (Wildman–Crippen LogP) is 3.50. The molecular formula is C13H17Cl2NO3. The number of aliphatic carboxylic acids is 1. The molecule has 0 heterocycles. The van der Waals surface area contributed by atoms with Gasteiger partial charge in [0.15, 0.2) is 0 Å². The fourth-order valence-corrected chi connectivity index (χ4v) is 2.27. The second-order valence-electron chi connectivity index (χ2n) is 5.01. The van der Waals surface area contributed by atoms with Crippen LogP contribution in [0.2, 0.25) is 10.0 Å². The number of hydrogen-bond acceptors (Lipinski definition) is 3. The summed E-state index contributed by atoms with van der Waals surface area (Å²) in [7, 11) is 1.49. The Morgan fingerprint density at radius 1 is 1.42 bits per heavy atom. The summed E-state index contributed by atoms with van der Waals surface area (Å²) >= 11 is 12.1. The monoisotopic (exact) mass is 305 g/mol. The first-order valence-corrected chi connectivity index (χ1v) is 6.46. The van der Waals surface area contributed by atoms with Gasteiger partial charge >= 0.3 is 5.97 Å². The zero-order valence-electron chi connectivity index (χ0n) is 11.0. The fraction of sp³-hybridized carbons (Fsp3) is 0.462. The van der Waals surface area contributed by atoms with Gasteiger partial charge in [-0.3, -0.25) is 4.79 Å². The summed E-state index contributed by atoms with van der Waals surface area (Å²) in [4.78, 5) is 11.1. The van der Waals surface area contributed by atoms with Crippen LogP contribution in [0, 0.1) is 5.41 Å². The van der Waals surface area contributed by atoms with Gasteiger partial charge in [-0.15, -0.1) is 0 Å². The largest absolute Gasteiger partial charge is 0.495 e. The molecule has 3 N–H and O–H groups in total. The number of carbonyl (C=O) groups is 1. The molecule has 0 radical (unpaired) electrons. The van der Waals surface area contributed by atoms with Gasteiger partial charge in [0, 0.05) is 17.1 Å². The van der Waals surface area contributed by atoms with Crippen molar-refractivity contribution in [3.8, 4) is 5.75 Å². The standard InChI is InChI=1S/C13H17Cl2NO3/c1-13(2,12(17)18)6-10(16)7-4-9(15)11(19-3)5-8(7)14/h4-5,10H,6,16H2,1-3H3,(H,17,18). The molecule has 0 bridgehead atoms. The molecule has 4 nitrogen and oxygen atoms in total. The van der Waals surface area contributed by atoms with Gasteiger partial charge in [-0.2, -0.15) is 0 Å². The molecule has 1 atom stereocenters. The fourth-order valence-electron chi connectivity index (χ4n) is 1.73. The van der Waals surface area contributed by atoms with Gasteiger partial charge in [-0.05, 0) is 31.9 Å². The third kappa shape index (κ3) is 3.75. The van der Waals surface area contributed by atoms with Crippen molar-refractivity contribution in [2.45, 2.75) is 26.3 Å². The van der Waals surface area contributed by atoms with Crippen molar-refractivity contribution < 1.29 is 14.6 Å². The summed E-state index contributed by atoms with van der Waals surface area (Å²) < 4.78 is 5.05. The molecule has 6 heteroatoms. The van der Waals surface area contributed by atoms with E-state index in [-0.39, 0.29) is 6.42 Å². The van der Waals surface area contributed by atoms with Crippen molar-refractivity contribution in [3.05, 3.63) is 27.7 Å². The van der Waals surface area contributed by atoms with Crippen LogP contribution in [0.25, 0.3) is 0 Å². The van der Waals surface area contributed by atoms with Crippen molar-refractivity contribution >= 4 is 29.2 Å². The van der Waals surface area contributed by atoms with Crippen LogP contribution in [-0.2, 0) is 4.79 Å². The number of carboxylic acids is 1. The second-order valence-corrected chi connectivity index (χ2v) is 5.82. The average molecular weight is 306 g/mol. The molecule has 1 rings (SSSR count). The van der Waals surface area contributed by atoms with Gasteiger partial charge in [0.25, 0.3) is 0 Å². The number of ether oxygens (including phenoxy) is 1. The first-order chi connectivity index (χ1) is 8.69. The Morgan fingerprint density at radius 3 is 2.47 bits per heavy atom. The van der Waals surface area contributed by atoms with Crippen molar-refractivity contribution in [3.63, 3.8) is 0 Å². The van der Waals surface area contributed by atoms with E-state index in [2.05, 4.69) is 0 Å². The molecule has 0 aliphatic rings. The normalized spacial score (nSPS) is 13.2. The van der Waals surface area contributed by atoms with Gasteiger partial charge in [-0.25, -0.2) is 0 Å². The molecule has 0 amide bonds. The van der Waals surface area contributed by atoms with Crippen LogP contribution in [0.4, 0.5) is 0 Å². The van der Waals surface area contributed by atoms with Crippen LogP contribution < -0.4 is 10.5 Å². The summed E-state index contributed by atoms with van der Waals surface area (Å²) in [5, 5.41) is 9.91. The lowest BCUT2D eigenvalue weighted by atomic mass is 9.84. The van der Waals surface area contributed by atoms with E-state index in [0.29, 0.717) is 21.4 Å². The summed E-state index contributed by atoms with van der Waals surface area (Å²) in [5.41, 5.74) is 5.71. The topological polar surface area (TPSA) is 72.5 Å². The second kappa shape index (κ2) is 5.99. The summed E-state index contributed by atoms with van der Waals surface area (Å²) in [5.74, 6) is -0.446. The van der Waals surface area contributed by atoms with E-state index in [4.69, 9.17) is 38.8 Å². The van der Waals surface area contributed by atoms with E-state index >= 15 is 0 Å². The lowest BCUT2D eigenvalue weighted by molar-refractivity contribution is -0.147. The van der Waals surface area contributed by atoms with Crippen molar-refractivity contribution in [1.29, 1.82) is 0 Å². The highest BCUT2D eigenvalue weighted by molar-refractivity contribution is 6.34. The third-order valence-electron chi connectivity index (χ3n) is 2.98. The summed E-state index contributed by atoms with van der Waals surface area (Å²) in [6, 6.07) is 2.68. The SMILES string of the molecule is COc1cc(Cl)c(C(N)CC(C)(C)C(=O)O)cc1Cl. The van der Waals surface area contributed by atoms with Crippen LogP contribution >= 0.6 is 23.2 Å². The average Bonchev–Trinajstić information content (AvgIpc) is 2.30. The Morgan fingerprint density at radius 2 is 2.00 bits per heavy atom. The zero-order chi connectivity index (χ0) is 14.8. The highest BCUT2D eigenvalue weighted by Gasteiger charge is 2.30. The maximum Gasteiger partial charge on any atom is 0.309 e. The first kappa shape index (κ1) is 16.1. The number of methoxy groups -OCH3 is 1. The number of benzene rings is 1. The van der Waals surface area contributed by atoms with Crippen molar-refractivity contribution in [2.24, 2.45) is 11.1 Å².